The van der Waals surface area contributed by atoms with Gasteiger partial charge in [-0.1, -0.05) is 13.8 Å². The predicted molar refractivity (Wildman–Crippen MR) is 106 cm³/mol. The minimum Gasteiger partial charge on any atom is -0.493 e. The quantitative estimate of drug-likeness (QED) is 0.616. The number of benzene rings is 1. The third-order valence-corrected chi connectivity index (χ3v) is 4.55. The maximum absolute atomic E-state index is 12.6. The number of rotatable bonds is 10. The van der Waals surface area contributed by atoms with E-state index in [2.05, 4.69) is 10.2 Å². The lowest BCUT2D eigenvalue weighted by Crippen LogP contribution is -2.45. The molecule has 1 saturated heterocycles. The standard InChI is InChI=1S/C20H31N3O5/c1-14(2)12-16(19(21)24)22-20(25)15-4-5-17(26-3)18(13-15)28-11-8-23-6-9-27-10-7-23/h4-5,13-14,16H,6-12H2,1-3H3,(H2,21,24)(H,22,25). The van der Waals surface area contributed by atoms with Gasteiger partial charge in [-0.3, -0.25) is 14.5 Å². The van der Waals surface area contributed by atoms with E-state index in [0.717, 1.165) is 32.8 Å². The van der Waals surface area contributed by atoms with E-state index in [4.69, 9.17) is 19.9 Å². The normalized spacial score (nSPS) is 15.9. The summed E-state index contributed by atoms with van der Waals surface area (Å²) in [5.74, 6) is 0.352. The topological polar surface area (TPSA) is 103 Å². The smallest absolute Gasteiger partial charge is 0.252 e. The average Bonchev–Trinajstić information content (AvgIpc) is 2.67. The summed E-state index contributed by atoms with van der Waals surface area (Å²) in [7, 11) is 1.55. The number of hydrogen-bond acceptors (Lipinski definition) is 6. The molecule has 1 unspecified atom stereocenters. The molecule has 0 bridgehead atoms. The number of amides is 2. The molecule has 8 heteroatoms. The molecule has 1 atom stereocenters. The summed E-state index contributed by atoms with van der Waals surface area (Å²) in [6, 6.07) is 4.23. The van der Waals surface area contributed by atoms with Crippen LogP contribution < -0.4 is 20.5 Å². The SMILES string of the molecule is COc1ccc(C(=O)NC(CC(C)C)C(N)=O)cc1OCCN1CCOCC1. The van der Waals surface area contributed by atoms with Crippen molar-refractivity contribution in [1.29, 1.82) is 0 Å². The van der Waals surface area contributed by atoms with Crippen molar-refractivity contribution in [1.82, 2.24) is 10.2 Å². The molecule has 1 heterocycles. The molecule has 2 amide bonds. The average molecular weight is 393 g/mol. The Bertz CT molecular complexity index is 659. The van der Waals surface area contributed by atoms with Crippen molar-refractivity contribution >= 4 is 11.8 Å². The predicted octanol–water partition coefficient (Wildman–Crippen LogP) is 1.04. The first-order chi connectivity index (χ1) is 13.4. The number of nitrogens with two attached hydrogens (primary N) is 1. The number of carbonyl (C=O) groups excluding carboxylic acids is 2. The van der Waals surface area contributed by atoms with Crippen LogP contribution in [0, 0.1) is 5.92 Å². The molecule has 0 saturated carbocycles. The fourth-order valence-corrected chi connectivity index (χ4v) is 3.00. The van der Waals surface area contributed by atoms with Crippen molar-refractivity contribution < 1.29 is 23.8 Å². The van der Waals surface area contributed by atoms with Crippen molar-refractivity contribution in [2.24, 2.45) is 11.7 Å². The van der Waals surface area contributed by atoms with Crippen molar-refractivity contribution in [3.63, 3.8) is 0 Å². The first-order valence-corrected chi connectivity index (χ1v) is 9.61. The number of primary amides is 1. The van der Waals surface area contributed by atoms with E-state index in [9.17, 15) is 9.59 Å². The Labute approximate surface area is 166 Å². The summed E-state index contributed by atoms with van der Waals surface area (Å²) in [6.07, 6.45) is 0.486. The van der Waals surface area contributed by atoms with Gasteiger partial charge in [0.15, 0.2) is 11.5 Å². The van der Waals surface area contributed by atoms with Crippen LogP contribution >= 0.6 is 0 Å². The van der Waals surface area contributed by atoms with Gasteiger partial charge in [-0.15, -0.1) is 0 Å². The van der Waals surface area contributed by atoms with Crippen LogP contribution in [-0.4, -0.2) is 69.3 Å². The lowest BCUT2D eigenvalue weighted by atomic mass is 10.0. The number of carbonyl (C=O) groups is 2. The number of morpholine rings is 1. The summed E-state index contributed by atoms with van der Waals surface area (Å²) in [5.41, 5.74) is 5.80. The monoisotopic (exact) mass is 393 g/mol. The zero-order chi connectivity index (χ0) is 20.5. The van der Waals surface area contributed by atoms with E-state index in [1.165, 1.54) is 0 Å². The van der Waals surface area contributed by atoms with E-state index in [1.807, 2.05) is 13.8 Å². The maximum atomic E-state index is 12.6. The highest BCUT2D eigenvalue weighted by Gasteiger charge is 2.21. The molecule has 0 spiro atoms. The van der Waals surface area contributed by atoms with E-state index >= 15 is 0 Å². The molecular formula is C20H31N3O5. The molecule has 1 fully saturated rings. The van der Waals surface area contributed by atoms with Crippen LogP contribution in [0.25, 0.3) is 0 Å². The second kappa shape index (κ2) is 10.9. The second-order valence-electron chi connectivity index (χ2n) is 7.23. The summed E-state index contributed by atoms with van der Waals surface area (Å²) in [5, 5.41) is 2.70. The van der Waals surface area contributed by atoms with Crippen LogP contribution in [-0.2, 0) is 9.53 Å². The van der Waals surface area contributed by atoms with Gasteiger partial charge in [-0.25, -0.2) is 0 Å². The fourth-order valence-electron chi connectivity index (χ4n) is 3.00. The summed E-state index contributed by atoms with van der Waals surface area (Å²) < 4.78 is 16.5. The number of nitrogens with one attached hydrogen (secondary N) is 1. The van der Waals surface area contributed by atoms with Gasteiger partial charge in [0.05, 0.1) is 20.3 Å². The number of nitrogens with zero attached hydrogens (tertiary/aromatic N) is 1. The summed E-state index contributed by atoms with van der Waals surface area (Å²) in [4.78, 5) is 26.4. The molecule has 156 valence electrons. The summed E-state index contributed by atoms with van der Waals surface area (Å²) in [6.45, 7) is 8.40. The highest BCUT2D eigenvalue weighted by atomic mass is 16.5. The number of hydrogen-bond donors (Lipinski definition) is 2. The van der Waals surface area contributed by atoms with Crippen LogP contribution in [0.4, 0.5) is 0 Å². The second-order valence-corrected chi connectivity index (χ2v) is 7.23. The van der Waals surface area contributed by atoms with Crippen LogP contribution in [0.5, 0.6) is 11.5 Å². The molecule has 2 rings (SSSR count). The third-order valence-electron chi connectivity index (χ3n) is 4.55. The van der Waals surface area contributed by atoms with Crippen LogP contribution in [0.15, 0.2) is 18.2 Å². The van der Waals surface area contributed by atoms with Gasteiger partial charge in [-0.2, -0.15) is 0 Å². The van der Waals surface area contributed by atoms with Crippen molar-refractivity contribution in [3.05, 3.63) is 23.8 Å². The molecule has 3 N–H and O–H groups in total. The van der Waals surface area contributed by atoms with Gasteiger partial charge < -0.3 is 25.3 Å². The molecular weight excluding hydrogens is 362 g/mol. The maximum Gasteiger partial charge on any atom is 0.252 e. The Morgan fingerprint density at radius 1 is 1.25 bits per heavy atom. The van der Waals surface area contributed by atoms with Crippen LogP contribution in [0.1, 0.15) is 30.6 Å². The van der Waals surface area contributed by atoms with Crippen LogP contribution in [0.3, 0.4) is 0 Å². The molecule has 1 aliphatic rings. The number of ether oxygens (including phenoxy) is 3. The van der Waals surface area contributed by atoms with E-state index in [-0.39, 0.29) is 11.8 Å². The molecule has 0 radical (unpaired) electrons. The molecule has 8 nitrogen and oxygen atoms in total. The molecule has 0 aromatic heterocycles. The Morgan fingerprint density at radius 3 is 2.57 bits per heavy atom. The minimum atomic E-state index is -0.708. The Kier molecular flexibility index (Phi) is 8.53. The molecule has 1 aliphatic heterocycles. The van der Waals surface area contributed by atoms with Gasteiger partial charge in [-0.05, 0) is 30.5 Å². The Balaban J connectivity index is 2.01. The fraction of sp³-hybridized carbons (Fsp3) is 0.600. The Morgan fingerprint density at radius 2 is 1.96 bits per heavy atom. The molecule has 28 heavy (non-hydrogen) atoms. The van der Waals surface area contributed by atoms with E-state index in [0.29, 0.717) is 30.1 Å². The first-order valence-electron chi connectivity index (χ1n) is 9.61. The third kappa shape index (κ3) is 6.69. The molecule has 1 aromatic carbocycles. The zero-order valence-corrected chi connectivity index (χ0v) is 16.9. The van der Waals surface area contributed by atoms with E-state index in [1.54, 1.807) is 25.3 Å². The van der Waals surface area contributed by atoms with Gasteiger partial charge in [0.25, 0.3) is 5.91 Å². The zero-order valence-electron chi connectivity index (χ0n) is 16.9. The largest absolute Gasteiger partial charge is 0.493 e. The van der Waals surface area contributed by atoms with Gasteiger partial charge >= 0.3 is 0 Å². The Hall–Kier alpha value is -2.32. The highest BCUT2D eigenvalue weighted by Crippen LogP contribution is 2.28. The molecule has 0 aliphatic carbocycles. The van der Waals surface area contributed by atoms with Gasteiger partial charge in [0.1, 0.15) is 12.6 Å². The highest BCUT2D eigenvalue weighted by molar-refractivity contribution is 5.97. The summed E-state index contributed by atoms with van der Waals surface area (Å²) >= 11 is 0. The first kappa shape index (κ1) is 22.0. The molecule has 1 aromatic rings. The lowest BCUT2D eigenvalue weighted by Gasteiger charge is -2.26. The number of methoxy groups -OCH3 is 1. The van der Waals surface area contributed by atoms with Gasteiger partial charge in [0, 0.05) is 25.2 Å². The van der Waals surface area contributed by atoms with E-state index < -0.39 is 11.9 Å². The minimum absolute atomic E-state index is 0.229. The van der Waals surface area contributed by atoms with Gasteiger partial charge in [0.2, 0.25) is 5.91 Å². The van der Waals surface area contributed by atoms with Crippen molar-refractivity contribution in [2.75, 3.05) is 46.6 Å². The van der Waals surface area contributed by atoms with Crippen molar-refractivity contribution in [2.45, 2.75) is 26.3 Å². The van der Waals surface area contributed by atoms with Crippen LogP contribution in [0.2, 0.25) is 0 Å². The lowest BCUT2D eigenvalue weighted by molar-refractivity contribution is -0.120. The van der Waals surface area contributed by atoms with Crippen molar-refractivity contribution in [3.8, 4) is 11.5 Å².